The molecule has 0 saturated heterocycles. The minimum absolute atomic E-state index is 0.0969. The summed E-state index contributed by atoms with van der Waals surface area (Å²) in [5.74, 6) is -1.64. The second kappa shape index (κ2) is 5.49. The van der Waals surface area contributed by atoms with E-state index in [0.717, 1.165) is 0 Å². The number of methoxy groups -OCH3 is 1. The van der Waals surface area contributed by atoms with Crippen LogP contribution < -0.4 is 5.32 Å². The van der Waals surface area contributed by atoms with Crippen molar-refractivity contribution in [1.82, 2.24) is 14.9 Å². The lowest BCUT2D eigenvalue weighted by atomic mass is 10.2. The number of pyridine rings is 1. The van der Waals surface area contributed by atoms with E-state index in [4.69, 9.17) is 9.84 Å². The Morgan fingerprint density at radius 1 is 1.53 bits per heavy atom. The topological polar surface area (TPSA) is 92.9 Å². The molecule has 0 bridgehead atoms. The van der Waals surface area contributed by atoms with Gasteiger partial charge in [-0.3, -0.25) is 4.79 Å². The largest absolute Gasteiger partial charge is 0.480 e. The molecule has 0 spiro atoms. The van der Waals surface area contributed by atoms with Gasteiger partial charge in [-0.05, 0) is 12.1 Å². The normalized spacial score (nSPS) is 12.3. The van der Waals surface area contributed by atoms with Crippen molar-refractivity contribution >= 4 is 17.4 Å². The van der Waals surface area contributed by atoms with E-state index in [-0.39, 0.29) is 6.61 Å². The van der Waals surface area contributed by atoms with Gasteiger partial charge in [0.2, 0.25) is 0 Å². The Morgan fingerprint density at radius 2 is 2.32 bits per heavy atom. The molecule has 0 aliphatic heterocycles. The van der Waals surface area contributed by atoms with E-state index in [1.54, 1.807) is 28.9 Å². The maximum atomic E-state index is 12.0. The summed E-state index contributed by atoms with van der Waals surface area (Å²) in [7, 11) is 1.37. The smallest absolute Gasteiger partial charge is 0.328 e. The lowest BCUT2D eigenvalue weighted by Gasteiger charge is -2.12. The molecule has 7 heteroatoms. The van der Waals surface area contributed by atoms with Gasteiger partial charge in [-0.25, -0.2) is 9.31 Å². The average Bonchev–Trinajstić information content (AvgIpc) is 2.81. The van der Waals surface area contributed by atoms with Gasteiger partial charge in [-0.2, -0.15) is 5.10 Å². The van der Waals surface area contributed by atoms with Crippen LogP contribution in [0.15, 0.2) is 30.6 Å². The quantitative estimate of drug-likeness (QED) is 0.801. The maximum absolute atomic E-state index is 12.0. The van der Waals surface area contributed by atoms with Crippen LogP contribution in [0.5, 0.6) is 0 Å². The van der Waals surface area contributed by atoms with E-state index in [2.05, 4.69) is 10.4 Å². The van der Waals surface area contributed by atoms with E-state index in [1.807, 2.05) is 0 Å². The molecule has 0 fully saturated rings. The SMILES string of the molecule is COCC(NC(=O)c1cnn2ccccc12)C(=O)O. The molecule has 0 aliphatic carbocycles. The highest BCUT2D eigenvalue weighted by Crippen LogP contribution is 2.09. The Hall–Kier alpha value is -2.41. The average molecular weight is 263 g/mol. The first-order valence-electron chi connectivity index (χ1n) is 5.58. The first-order chi connectivity index (χ1) is 9.13. The van der Waals surface area contributed by atoms with Crippen molar-refractivity contribution in [2.45, 2.75) is 6.04 Å². The predicted octanol–water partition coefficient (Wildman–Crippen LogP) is 0.164. The van der Waals surface area contributed by atoms with Gasteiger partial charge >= 0.3 is 5.97 Å². The third-order valence-corrected chi connectivity index (χ3v) is 2.61. The zero-order chi connectivity index (χ0) is 13.8. The first-order valence-corrected chi connectivity index (χ1v) is 5.58. The third-order valence-electron chi connectivity index (χ3n) is 2.61. The fraction of sp³-hybridized carbons (Fsp3) is 0.250. The molecule has 0 aromatic carbocycles. The van der Waals surface area contributed by atoms with Crippen molar-refractivity contribution in [2.24, 2.45) is 0 Å². The zero-order valence-corrected chi connectivity index (χ0v) is 10.2. The van der Waals surface area contributed by atoms with Crippen LogP contribution in [0, 0.1) is 0 Å². The van der Waals surface area contributed by atoms with Gasteiger partial charge in [-0.1, -0.05) is 6.07 Å². The Labute approximate surface area is 108 Å². The summed E-state index contributed by atoms with van der Waals surface area (Å²) in [6.07, 6.45) is 3.10. The van der Waals surface area contributed by atoms with Crippen molar-refractivity contribution in [1.29, 1.82) is 0 Å². The second-order valence-electron chi connectivity index (χ2n) is 3.91. The van der Waals surface area contributed by atoms with Crippen molar-refractivity contribution in [3.8, 4) is 0 Å². The summed E-state index contributed by atoms with van der Waals surface area (Å²) in [5, 5.41) is 15.4. The highest BCUT2D eigenvalue weighted by Gasteiger charge is 2.22. The van der Waals surface area contributed by atoms with Gasteiger partial charge in [0.25, 0.3) is 5.91 Å². The molecule has 1 amide bonds. The van der Waals surface area contributed by atoms with Crippen molar-refractivity contribution in [3.05, 3.63) is 36.2 Å². The zero-order valence-electron chi connectivity index (χ0n) is 10.2. The lowest BCUT2D eigenvalue weighted by molar-refractivity contribution is -0.140. The number of carboxylic acids is 1. The van der Waals surface area contributed by atoms with Gasteiger partial charge in [0, 0.05) is 13.3 Å². The molecule has 100 valence electrons. The number of carbonyl (C=O) groups is 2. The summed E-state index contributed by atoms with van der Waals surface area (Å²) in [6.45, 7) is -0.0969. The maximum Gasteiger partial charge on any atom is 0.328 e. The van der Waals surface area contributed by atoms with Crippen molar-refractivity contribution in [3.63, 3.8) is 0 Å². The van der Waals surface area contributed by atoms with Crippen LogP contribution in [-0.4, -0.2) is 46.4 Å². The van der Waals surface area contributed by atoms with Gasteiger partial charge < -0.3 is 15.2 Å². The van der Waals surface area contributed by atoms with E-state index in [0.29, 0.717) is 11.1 Å². The summed E-state index contributed by atoms with van der Waals surface area (Å²) < 4.78 is 6.30. The van der Waals surface area contributed by atoms with Crippen molar-refractivity contribution in [2.75, 3.05) is 13.7 Å². The number of amides is 1. The van der Waals surface area contributed by atoms with E-state index >= 15 is 0 Å². The Kier molecular flexibility index (Phi) is 3.76. The number of carbonyl (C=O) groups excluding carboxylic acids is 1. The molecular formula is C12H13N3O4. The van der Waals surface area contributed by atoms with E-state index < -0.39 is 17.9 Å². The lowest BCUT2D eigenvalue weighted by Crippen LogP contribution is -2.43. The van der Waals surface area contributed by atoms with Gasteiger partial charge in [0.1, 0.15) is 0 Å². The van der Waals surface area contributed by atoms with Crippen LogP contribution in [0.25, 0.3) is 5.52 Å². The number of ether oxygens (including phenoxy) is 1. The molecular weight excluding hydrogens is 250 g/mol. The Morgan fingerprint density at radius 3 is 3.00 bits per heavy atom. The molecule has 2 aromatic rings. The number of rotatable bonds is 5. The molecule has 2 aromatic heterocycles. The fourth-order valence-electron chi connectivity index (χ4n) is 1.69. The number of carboxylic acid groups (broad SMARTS) is 1. The van der Waals surface area contributed by atoms with Crippen LogP contribution in [0.2, 0.25) is 0 Å². The summed E-state index contributed by atoms with van der Waals surface area (Å²) in [5.41, 5.74) is 0.935. The standard InChI is InChI=1S/C12H13N3O4/c1-19-7-9(12(17)18)14-11(16)8-6-13-15-5-3-2-4-10(8)15/h2-6,9H,7H2,1H3,(H,14,16)(H,17,18). The molecule has 1 atom stereocenters. The number of aliphatic carboxylic acids is 1. The number of hydrogen-bond acceptors (Lipinski definition) is 4. The van der Waals surface area contributed by atoms with Crippen LogP contribution in [0.1, 0.15) is 10.4 Å². The molecule has 2 N–H and O–H groups in total. The number of hydrogen-bond donors (Lipinski definition) is 2. The van der Waals surface area contributed by atoms with Crippen LogP contribution in [0.4, 0.5) is 0 Å². The number of nitrogens with zero attached hydrogens (tertiary/aromatic N) is 2. The Balaban J connectivity index is 2.22. The van der Waals surface area contributed by atoms with Crippen LogP contribution >= 0.6 is 0 Å². The van der Waals surface area contributed by atoms with Crippen LogP contribution in [0.3, 0.4) is 0 Å². The molecule has 0 aliphatic rings. The molecule has 0 radical (unpaired) electrons. The monoisotopic (exact) mass is 263 g/mol. The molecule has 0 saturated carbocycles. The predicted molar refractivity (Wildman–Crippen MR) is 66.0 cm³/mol. The molecule has 7 nitrogen and oxygen atoms in total. The minimum Gasteiger partial charge on any atom is -0.480 e. The molecule has 2 rings (SSSR count). The fourth-order valence-corrected chi connectivity index (χ4v) is 1.69. The molecule has 2 heterocycles. The van der Waals surface area contributed by atoms with Gasteiger partial charge in [-0.15, -0.1) is 0 Å². The van der Waals surface area contributed by atoms with E-state index in [1.165, 1.54) is 13.3 Å². The van der Waals surface area contributed by atoms with Crippen molar-refractivity contribution < 1.29 is 19.4 Å². The summed E-state index contributed by atoms with van der Waals surface area (Å²) in [6, 6.07) is 4.20. The number of nitrogens with one attached hydrogen (secondary N) is 1. The third kappa shape index (κ3) is 2.71. The minimum atomic E-state index is -1.15. The number of fused-ring (bicyclic) bond motifs is 1. The van der Waals surface area contributed by atoms with Crippen LogP contribution in [-0.2, 0) is 9.53 Å². The highest BCUT2D eigenvalue weighted by atomic mass is 16.5. The van der Waals surface area contributed by atoms with Gasteiger partial charge in [0.05, 0.1) is 23.9 Å². The highest BCUT2D eigenvalue weighted by molar-refractivity contribution is 6.02. The Bertz CT molecular complexity index is 608. The molecule has 19 heavy (non-hydrogen) atoms. The summed E-state index contributed by atoms with van der Waals surface area (Å²) in [4.78, 5) is 23.0. The van der Waals surface area contributed by atoms with Gasteiger partial charge in [0.15, 0.2) is 6.04 Å². The number of aromatic nitrogens is 2. The molecule has 1 unspecified atom stereocenters. The summed E-state index contributed by atoms with van der Waals surface area (Å²) >= 11 is 0. The first kappa shape index (κ1) is 13.0. The second-order valence-corrected chi connectivity index (χ2v) is 3.91. The van der Waals surface area contributed by atoms with E-state index in [9.17, 15) is 9.59 Å².